The molecule has 0 N–H and O–H groups in total. The van der Waals surface area contributed by atoms with Crippen molar-refractivity contribution in [1.82, 2.24) is 4.90 Å². The van der Waals surface area contributed by atoms with Crippen LogP contribution in [-0.2, 0) is 0 Å². The van der Waals surface area contributed by atoms with Crippen molar-refractivity contribution in [1.29, 1.82) is 5.26 Å². The number of benzene rings is 1. The summed E-state index contributed by atoms with van der Waals surface area (Å²) in [4.78, 5) is 4.75. The van der Waals surface area contributed by atoms with Gasteiger partial charge in [-0.1, -0.05) is 0 Å². The number of rotatable bonds is 4. The molecule has 1 aliphatic heterocycles. The van der Waals surface area contributed by atoms with Gasteiger partial charge in [0, 0.05) is 30.3 Å². The highest BCUT2D eigenvalue weighted by Gasteiger charge is 2.12. The maximum Gasteiger partial charge on any atom is 0.100 e. The van der Waals surface area contributed by atoms with Crippen LogP contribution in [0.5, 0.6) is 0 Å². The topological polar surface area (TPSA) is 30.3 Å². The standard InChI is InChI=1S/C14H18BrN3/c1-17(8-9-18-6-2-3-7-18)13-5-4-12(11-16)14(15)10-13/h4-5,10H,2-3,6-9H2,1H3. The van der Waals surface area contributed by atoms with Gasteiger partial charge >= 0.3 is 0 Å². The maximum absolute atomic E-state index is 8.89. The van der Waals surface area contributed by atoms with E-state index in [0.717, 1.165) is 23.2 Å². The van der Waals surface area contributed by atoms with Crippen LogP contribution in [-0.4, -0.2) is 38.1 Å². The molecule has 18 heavy (non-hydrogen) atoms. The van der Waals surface area contributed by atoms with Gasteiger partial charge in [0.05, 0.1) is 5.56 Å². The van der Waals surface area contributed by atoms with Crippen LogP contribution in [0.25, 0.3) is 0 Å². The molecule has 0 aliphatic carbocycles. The summed E-state index contributed by atoms with van der Waals surface area (Å²) >= 11 is 3.43. The normalized spacial score (nSPS) is 15.6. The molecule has 1 aliphatic rings. The molecular weight excluding hydrogens is 290 g/mol. The van der Waals surface area contributed by atoms with E-state index in [4.69, 9.17) is 5.26 Å². The summed E-state index contributed by atoms with van der Waals surface area (Å²) in [6.07, 6.45) is 2.68. The zero-order valence-corrected chi connectivity index (χ0v) is 12.3. The quantitative estimate of drug-likeness (QED) is 0.857. The molecule has 1 fully saturated rings. The summed E-state index contributed by atoms with van der Waals surface area (Å²) in [5.41, 5.74) is 1.84. The van der Waals surface area contributed by atoms with Crippen LogP contribution >= 0.6 is 15.9 Å². The molecule has 0 bridgehead atoms. The van der Waals surface area contributed by atoms with E-state index in [1.165, 1.54) is 25.9 Å². The van der Waals surface area contributed by atoms with Crippen molar-refractivity contribution >= 4 is 21.6 Å². The molecule has 1 saturated heterocycles. The Morgan fingerprint density at radius 1 is 1.39 bits per heavy atom. The molecule has 2 rings (SSSR count). The zero-order chi connectivity index (χ0) is 13.0. The van der Waals surface area contributed by atoms with E-state index < -0.39 is 0 Å². The second kappa shape index (κ2) is 6.21. The van der Waals surface area contributed by atoms with Crippen LogP contribution in [0.4, 0.5) is 5.69 Å². The highest BCUT2D eigenvalue weighted by molar-refractivity contribution is 9.10. The minimum absolute atomic E-state index is 0.687. The Kier molecular flexibility index (Phi) is 4.62. The largest absolute Gasteiger partial charge is 0.373 e. The average molecular weight is 308 g/mol. The van der Waals surface area contributed by atoms with Crippen LogP contribution in [0.3, 0.4) is 0 Å². The van der Waals surface area contributed by atoms with Crippen LogP contribution < -0.4 is 4.90 Å². The summed E-state index contributed by atoms with van der Waals surface area (Å²) in [5, 5.41) is 8.89. The molecule has 1 aromatic carbocycles. The van der Waals surface area contributed by atoms with Gasteiger partial charge in [-0.3, -0.25) is 0 Å². The van der Waals surface area contributed by atoms with E-state index in [9.17, 15) is 0 Å². The Balaban J connectivity index is 1.93. The first-order valence-corrected chi connectivity index (χ1v) is 7.13. The monoisotopic (exact) mass is 307 g/mol. The Hall–Kier alpha value is -1.05. The van der Waals surface area contributed by atoms with Crippen molar-refractivity contribution in [2.24, 2.45) is 0 Å². The minimum Gasteiger partial charge on any atom is -0.373 e. The van der Waals surface area contributed by atoms with E-state index >= 15 is 0 Å². The molecule has 1 aromatic rings. The van der Waals surface area contributed by atoms with E-state index in [1.54, 1.807) is 0 Å². The summed E-state index contributed by atoms with van der Waals surface area (Å²) in [6, 6.07) is 8.05. The van der Waals surface area contributed by atoms with Crippen molar-refractivity contribution in [2.45, 2.75) is 12.8 Å². The fourth-order valence-electron chi connectivity index (χ4n) is 2.26. The lowest BCUT2D eigenvalue weighted by Crippen LogP contribution is -2.31. The third-order valence-electron chi connectivity index (χ3n) is 3.46. The van der Waals surface area contributed by atoms with Crippen molar-refractivity contribution in [3.8, 4) is 6.07 Å². The van der Waals surface area contributed by atoms with Crippen LogP contribution in [0.15, 0.2) is 22.7 Å². The lowest BCUT2D eigenvalue weighted by molar-refractivity contribution is 0.346. The van der Waals surface area contributed by atoms with Gasteiger partial charge in [-0.05, 0) is 60.1 Å². The summed E-state index contributed by atoms with van der Waals surface area (Å²) < 4.78 is 0.871. The summed E-state index contributed by atoms with van der Waals surface area (Å²) in [5.74, 6) is 0. The Morgan fingerprint density at radius 2 is 2.11 bits per heavy atom. The molecule has 0 spiro atoms. The van der Waals surface area contributed by atoms with Crippen molar-refractivity contribution in [3.63, 3.8) is 0 Å². The molecule has 0 unspecified atom stereocenters. The molecule has 0 radical (unpaired) electrons. The predicted octanol–water partition coefficient (Wildman–Crippen LogP) is 2.85. The van der Waals surface area contributed by atoms with Gasteiger partial charge in [-0.2, -0.15) is 5.26 Å². The lowest BCUT2D eigenvalue weighted by Gasteiger charge is -2.23. The Morgan fingerprint density at radius 3 is 2.72 bits per heavy atom. The molecular formula is C14H18BrN3. The summed E-state index contributed by atoms with van der Waals surface area (Å²) in [6.45, 7) is 4.63. The maximum atomic E-state index is 8.89. The van der Waals surface area contributed by atoms with Gasteiger partial charge in [0.1, 0.15) is 6.07 Å². The smallest absolute Gasteiger partial charge is 0.100 e. The van der Waals surface area contributed by atoms with Crippen molar-refractivity contribution in [3.05, 3.63) is 28.2 Å². The van der Waals surface area contributed by atoms with Crippen molar-refractivity contribution < 1.29 is 0 Å². The molecule has 96 valence electrons. The molecule has 0 atom stereocenters. The number of halogens is 1. The van der Waals surface area contributed by atoms with E-state index in [0.29, 0.717) is 5.56 Å². The third kappa shape index (κ3) is 3.24. The van der Waals surface area contributed by atoms with Gasteiger partial charge in [-0.25, -0.2) is 0 Å². The second-order valence-corrected chi connectivity index (χ2v) is 5.60. The zero-order valence-electron chi connectivity index (χ0n) is 10.7. The van der Waals surface area contributed by atoms with E-state index in [2.05, 4.69) is 38.8 Å². The number of nitriles is 1. The highest BCUT2D eigenvalue weighted by Crippen LogP contribution is 2.23. The Labute approximate surface area is 117 Å². The van der Waals surface area contributed by atoms with Gasteiger partial charge < -0.3 is 9.80 Å². The number of nitrogens with zero attached hydrogens (tertiary/aromatic N) is 3. The first kappa shape index (κ1) is 13.4. The van der Waals surface area contributed by atoms with Crippen LogP contribution in [0.1, 0.15) is 18.4 Å². The van der Waals surface area contributed by atoms with Gasteiger partial charge in [0.25, 0.3) is 0 Å². The van der Waals surface area contributed by atoms with Gasteiger partial charge in [0.15, 0.2) is 0 Å². The lowest BCUT2D eigenvalue weighted by atomic mass is 10.2. The van der Waals surface area contributed by atoms with Crippen LogP contribution in [0.2, 0.25) is 0 Å². The average Bonchev–Trinajstić information content (AvgIpc) is 2.89. The number of anilines is 1. The third-order valence-corrected chi connectivity index (χ3v) is 4.12. The van der Waals surface area contributed by atoms with E-state index in [-0.39, 0.29) is 0 Å². The number of likely N-dealkylation sites (N-methyl/N-ethyl adjacent to an activating group) is 1. The fourth-order valence-corrected chi connectivity index (χ4v) is 2.71. The predicted molar refractivity (Wildman–Crippen MR) is 77.8 cm³/mol. The number of hydrogen-bond donors (Lipinski definition) is 0. The molecule has 0 aromatic heterocycles. The Bertz CT molecular complexity index is 447. The van der Waals surface area contributed by atoms with Gasteiger partial charge in [-0.15, -0.1) is 0 Å². The number of likely N-dealkylation sites (tertiary alicyclic amines) is 1. The molecule has 0 saturated carbocycles. The molecule has 1 heterocycles. The highest BCUT2D eigenvalue weighted by atomic mass is 79.9. The minimum atomic E-state index is 0.687. The number of hydrogen-bond acceptors (Lipinski definition) is 3. The van der Waals surface area contributed by atoms with E-state index in [1.807, 2.05) is 18.2 Å². The molecule has 3 nitrogen and oxygen atoms in total. The molecule has 4 heteroatoms. The first-order valence-electron chi connectivity index (χ1n) is 6.34. The fraction of sp³-hybridized carbons (Fsp3) is 0.500. The SMILES string of the molecule is CN(CCN1CCCC1)c1ccc(C#N)c(Br)c1. The molecule has 0 amide bonds. The first-order chi connectivity index (χ1) is 8.70. The summed E-state index contributed by atoms with van der Waals surface area (Å²) in [7, 11) is 2.10. The second-order valence-electron chi connectivity index (χ2n) is 4.75. The van der Waals surface area contributed by atoms with Crippen molar-refractivity contribution in [2.75, 3.05) is 38.1 Å². The van der Waals surface area contributed by atoms with Gasteiger partial charge in [0.2, 0.25) is 0 Å². The van der Waals surface area contributed by atoms with Crippen LogP contribution in [0, 0.1) is 11.3 Å².